The van der Waals surface area contributed by atoms with Crippen LogP contribution in [0.5, 0.6) is 0 Å². The van der Waals surface area contributed by atoms with Gasteiger partial charge in [0.15, 0.2) is 0 Å². The van der Waals surface area contributed by atoms with Crippen LogP contribution in [-0.4, -0.2) is 30.0 Å². The maximum Gasteiger partial charge on any atom is 0.270 e. The van der Waals surface area contributed by atoms with E-state index in [0.717, 1.165) is 6.54 Å². The number of nitrogens with zero attached hydrogens (tertiary/aromatic N) is 1. The monoisotopic (exact) mass is 325 g/mol. The Morgan fingerprint density at radius 3 is 2.89 bits per heavy atom. The molecule has 1 aliphatic rings. The van der Waals surface area contributed by atoms with E-state index in [4.69, 9.17) is 0 Å². The summed E-state index contributed by atoms with van der Waals surface area (Å²) in [5, 5.41) is 8.20. The second-order valence-electron chi connectivity index (χ2n) is 5.18. The van der Waals surface area contributed by atoms with Gasteiger partial charge in [-0.15, -0.1) is 36.2 Å². The number of hydrogen-bond donors (Lipinski definition) is 2. The van der Waals surface area contributed by atoms with Gasteiger partial charge in [0.1, 0.15) is 5.69 Å². The summed E-state index contributed by atoms with van der Waals surface area (Å²) in [5.74, 6) is -0.0746. The minimum Gasteiger partial charge on any atom is -0.349 e. The molecule has 2 rings (SSSR count). The standard InChI is InChI=1S/C12H19N3OS.2ClH/c1-12(2)4-3-5-13-10(12)6-14-11(16)9-7-17-8-15-9;;/h7-8,10,13H,3-6H2,1-2H3,(H,14,16);2*1H. The Bertz CT molecular complexity index is 384. The predicted octanol–water partition coefficient (Wildman–Crippen LogP) is 2.49. The molecular formula is C12H21Cl2N3OS. The number of amides is 1. The first-order valence-corrected chi connectivity index (χ1v) is 6.94. The van der Waals surface area contributed by atoms with E-state index in [9.17, 15) is 4.79 Å². The minimum atomic E-state index is -0.0746. The zero-order valence-corrected chi connectivity index (χ0v) is 13.6. The summed E-state index contributed by atoms with van der Waals surface area (Å²) in [5.41, 5.74) is 2.44. The molecule has 0 aromatic carbocycles. The molecular weight excluding hydrogens is 305 g/mol. The molecule has 1 aromatic rings. The van der Waals surface area contributed by atoms with Crippen LogP contribution >= 0.6 is 36.2 Å². The lowest BCUT2D eigenvalue weighted by Gasteiger charge is -2.39. The van der Waals surface area contributed by atoms with Crippen LogP contribution in [0, 0.1) is 5.41 Å². The summed E-state index contributed by atoms with van der Waals surface area (Å²) >= 11 is 1.44. The van der Waals surface area contributed by atoms with Crippen molar-refractivity contribution in [3.05, 3.63) is 16.6 Å². The van der Waals surface area contributed by atoms with Crippen LogP contribution in [-0.2, 0) is 0 Å². The van der Waals surface area contributed by atoms with E-state index in [2.05, 4.69) is 29.5 Å². The largest absolute Gasteiger partial charge is 0.349 e. The molecule has 19 heavy (non-hydrogen) atoms. The zero-order chi connectivity index (χ0) is 12.3. The molecule has 1 amide bonds. The van der Waals surface area contributed by atoms with E-state index in [1.807, 2.05) is 0 Å². The third kappa shape index (κ3) is 4.91. The molecule has 1 aliphatic heterocycles. The molecule has 0 saturated carbocycles. The number of piperidine rings is 1. The number of thiazole rings is 1. The molecule has 110 valence electrons. The molecule has 0 spiro atoms. The normalized spacial score (nSPS) is 20.8. The van der Waals surface area contributed by atoms with Crippen LogP contribution in [0.1, 0.15) is 37.2 Å². The molecule has 1 unspecified atom stereocenters. The van der Waals surface area contributed by atoms with Gasteiger partial charge in [-0.2, -0.15) is 0 Å². The van der Waals surface area contributed by atoms with E-state index >= 15 is 0 Å². The van der Waals surface area contributed by atoms with Crippen LogP contribution in [0.15, 0.2) is 10.9 Å². The first-order valence-electron chi connectivity index (χ1n) is 5.99. The highest BCUT2D eigenvalue weighted by molar-refractivity contribution is 7.07. The first kappa shape index (κ1) is 18.6. The molecule has 2 heterocycles. The molecule has 7 heteroatoms. The highest BCUT2D eigenvalue weighted by atomic mass is 35.5. The lowest BCUT2D eigenvalue weighted by molar-refractivity contribution is 0.0924. The topological polar surface area (TPSA) is 54.0 Å². The second kappa shape index (κ2) is 8.04. The summed E-state index contributed by atoms with van der Waals surface area (Å²) in [6.45, 7) is 6.21. The van der Waals surface area contributed by atoms with Crippen LogP contribution in [0.3, 0.4) is 0 Å². The molecule has 0 radical (unpaired) electrons. The van der Waals surface area contributed by atoms with Gasteiger partial charge in [0.2, 0.25) is 0 Å². The van der Waals surface area contributed by atoms with Gasteiger partial charge in [-0.3, -0.25) is 4.79 Å². The quantitative estimate of drug-likeness (QED) is 0.897. The molecule has 0 bridgehead atoms. The van der Waals surface area contributed by atoms with E-state index in [0.29, 0.717) is 18.3 Å². The molecule has 1 fully saturated rings. The molecule has 4 nitrogen and oxygen atoms in total. The average molecular weight is 326 g/mol. The molecule has 1 atom stereocenters. The maximum absolute atomic E-state index is 11.8. The van der Waals surface area contributed by atoms with Gasteiger partial charge in [0, 0.05) is 18.0 Å². The van der Waals surface area contributed by atoms with Crippen molar-refractivity contribution < 1.29 is 4.79 Å². The summed E-state index contributed by atoms with van der Waals surface area (Å²) in [6, 6.07) is 0.346. The molecule has 0 aliphatic carbocycles. The van der Waals surface area contributed by atoms with Crippen LogP contribution in [0.2, 0.25) is 0 Å². The van der Waals surface area contributed by atoms with Gasteiger partial charge < -0.3 is 10.6 Å². The smallest absolute Gasteiger partial charge is 0.270 e. The number of aromatic nitrogens is 1. The predicted molar refractivity (Wildman–Crippen MR) is 83.7 cm³/mol. The van der Waals surface area contributed by atoms with Gasteiger partial charge in [0.05, 0.1) is 5.51 Å². The van der Waals surface area contributed by atoms with Gasteiger partial charge in [-0.05, 0) is 24.8 Å². The van der Waals surface area contributed by atoms with Gasteiger partial charge in [-0.25, -0.2) is 4.98 Å². The van der Waals surface area contributed by atoms with Gasteiger partial charge >= 0.3 is 0 Å². The van der Waals surface area contributed by atoms with Gasteiger partial charge in [-0.1, -0.05) is 13.8 Å². The van der Waals surface area contributed by atoms with Crippen molar-refractivity contribution in [1.29, 1.82) is 0 Å². The third-order valence-corrected chi connectivity index (χ3v) is 4.05. The number of halogens is 2. The average Bonchev–Trinajstić information content (AvgIpc) is 2.80. The van der Waals surface area contributed by atoms with Crippen molar-refractivity contribution in [2.24, 2.45) is 5.41 Å². The number of rotatable bonds is 3. The maximum atomic E-state index is 11.8. The second-order valence-corrected chi connectivity index (χ2v) is 5.90. The molecule has 1 saturated heterocycles. The number of nitrogens with one attached hydrogen (secondary N) is 2. The fraction of sp³-hybridized carbons (Fsp3) is 0.667. The summed E-state index contributed by atoms with van der Waals surface area (Å²) in [4.78, 5) is 15.8. The number of carbonyl (C=O) groups excluding carboxylic acids is 1. The van der Waals surface area contributed by atoms with Crippen LogP contribution in [0.25, 0.3) is 0 Å². The van der Waals surface area contributed by atoms with E-state index < -0.39 is 0 Å². The Morgan fingerprint density at radius 2 is 2.32 bits per heavy atom. The van der Waals surface area contributed by atoms with Crippen molar-refractivity contribution in [1.82, 2.24) is 15.6 Å². The van der Waals surface area contributed by atoms with Crippen molar-refractivity contribution in [3.63, 3.8) is 0 Å². The summed E-state index contributed by atoms with van der Waals surface area (Å²) < 4.78 is 0. The van der Waals surface area contributed by atoms with Crippen molar-refractivity contribution >= 4 is 42.1 Å². The van der Waals surface area contributed by atoms with E-state index in [1.54, 1.807) is 10.9 Å². The molecule has 1 aromatic heterocycles. The lowest BCUT2D eigenvalue weighted by atomic mass is 9.77. The Hall–Kier alpha value is -0.360. The van der Waals surface area contributed by atoms with Crippen molar-refractivity contribution in [3.8, 4) is 0 Å². The van der Waals surface area contributed by atoms with Crippen LogP contribution in [0.4, 0.5) is 0 Å². The fourth-order valence-electron chi connectivity index (χ4n) is 2.23. The SMILES string of the molecule is CC1(C)CCCNC1CNC(=O)c1cscn1.Cl.Cl. The number of hydrogen-bond acceptors (Lipinski definition) is 4. The first-order chi connectivity index (χ1) is 8.09. The lowest BCUT2D eigenvalue weighted by Crippen LogP contribution is -2.52. The summed E-state index contributed by atoms with van der Waals surface area (Å²) in [7, 11) is 0. The van der Waals surface area contributed by atoms with E-state index in [1.165, 1.54) is 24.2 Å². The highest BCUT2D eigenvalue weighted by Crippen LogP contribution is 2.29. The highest BCUT2D eigenvalue weighted by Gasteiger charge is 2.32. The Balaban J connectivity index is 0.00000162. The Morgan fingerprint density at radius 1 is 1.58 bits per heavy atom. The molecule has 2 N–H and O–H groups in total. The van der Waals surface area contributed by atoms with Crippen molar-refractivity contribution in [2.75, 3.05) is 13.1 Å². The van der Waals surface area contributed by atoms with Crippen LogP contribution < -0.4 is 10.6 Å². The van der Waals surface area contributed by atoms with Gasteiger partial charge in [0.25, 0.3) is 5.91 Å². The number of carbonyl (C=O) groups is 1. The zero-order valence-electron chi connectivity index (χ0n) is 11.1. The Labute approximate surface area is 130 Å². The fourth-order valence-corrected chi connectivity index (χ4v) is 2.76. The third-order valence-electron chi connectivity index (χ3n) is 3.46. The van der Waals surface area contributed by atoms with Crippen molar-refractivity contribution in [2.45, 2.75) is 32.7 Å². The van der Waals surface area contributed by atoms with E-state index in [-0.39, 0.29) is 36.1 Å². The Kier molecular flexibility index (Phi) is 7.89. The minimum absolute atomic E-state index is 0. The summed E-state index contributed by atoms with van der Waals surface area (Å²) in [6.07, 6.45) is 2.42.